The van der Waals surface area contributed by atoms with Crippen molar-refractivity contribution in [3.63, 3.8) is 0 Å². The highest BCUT2D eigenvalue weighted by Gasteiger charge is 2.20. The molecule has 0 aromatic heterocycles. The Hall–Kier alpha value is -2.82. The summed E-state index contributed by atoms with van der Waals surface area (Å²) in [7, 11) is 0. The molecule has 3 rings (SSSR count). The summed E-state index contributed by atoms with van der Waals surface area (Å²) in [4.78, 5) is 26.9. The van der Waals surface area contributed by atoms with Gasteiger partial charge in [0.05, 0.1) is 11.3 Å². The van der Waals surface area contributed by atoms with Crippen molar-refractivity contribution in [2.45, 2.75) is 32.3 Å². The Morgan fingerprint density at radius 3 is 2.27 bits per heavy atom. The van der Waals surface area contributed by atoms with Crippen LogP contribution in [0.25, 0.3) is 0 Å². The number of anilines is 1. The molecule has 2 aromatic carbocycles. The number of benzene rings is 2. The van der Waals surface area contributed by atoms with Gasteiger partial charge in [-0.3, -0.25) is 10.1 Å². The molecule has 1 fully saturated rings. The first-order valence-corrected chi connectivity index (χ1v) is 9.10. The van der Waals surface area contributed by atoms with Crippen LogP contribution in [0.15, 0.2) is 54.6 Å². The lowest BCUT2D eigenvalue weighted by atomic mass is 10.1. The highest BCUT2D eigenvalue weighted by Crippen LogP contribution is 2.20. The Labute approximate surface area is 154 Å². The lowest BCUT2D eigenvalue weighted by Crippen LogP contribution is -2.32. The smallest absolute Gasteiger partial charge is 0.411 e. The number of rotatable bonds is 4. The zero-order chi connectivity index (χ0) is 18.2. The highest BCUT2D eigenvalue weighted by molar-refractivity contribution is 6.02. The van der Waals surface area contributed by atoms with Crippen molar-refractivity contribution in [2.75, 3.05) is 18.4 Å². The summed E-state index contributed by atoms with van der Waals surface area (Å²) in [6, 6.07) is 16.6. The van der Waals surface area contributed by atoms with E-state index >= 15 is 0 Å². The van der Waals surface area contributed by atoms with Crippen LogP contribution >= 0.6 is 0 Å². The molecule has 0 bridgehead atoms. The van der Waals surface area contributed by atoms with Gasteiger partial charge in [0.2, 0.25) is 0 Å². The highest BCUT2D eigenvalue weighted by atomic mass is 16.5. The van der Waals surface area contributed by atoms with Gasteiger partial charge in [0.1, 0.15) is 6.61 Å². The number of hydrogen-bond acceptors (Lipinski definition) is 3. The fraction of sp³-hybridized carbons (Fsp3) is 0.333. The van der Waals surface area contributed by atoms with Crippen molar-refractivity contribution < 1.29 is 14.3 Å². The number of likely N-dealkylation sites (tertiary alicyclic amines) is 1. The standard InChI is InChI=1S/C21H24N2O3/c24-20(23-14-8-1-2-9-15-23)18-12-6-7-13-19(18)22-21(25)26-16-17-10-4-3-5-11-17/h3-7,10-13H,1-2,8-9,14-16H2,(H,22,25). The van der Waals surface area contributed by atoms with Crippen molar-refractivity contribution in [3.8, 4) is 0 Å². The summed E-state index contributed by atoms with van der Waals surface area (Å²) in [6.07, 6.45) is 3.82. The Morgan fingerprint density at radius 2 is 1.54 bits per heavy atom. The first kappa shape index (κ1) is 18.0. The van der Waals surface area contributed by atoms with Crippen LogP contribution < -0.4 is 5.32 Å². The van der Waals surface area contributed by atoms with Gasteiger partial charge in [-0.1, -0.05) is 55.3 Å². The van der Waals surface area contributed by atoms with Crippen LogP contribution in [0.5, 0.6) is 0 Å². The number of ether oxygens (including phenoxy) is 1. The largest absolute Gasteiger partial charge is 0.444 e. The van der Waals surface area contributed by atoms with Crippen LogP contribution in [0.3, 0.4) is 0 Å². The first-order valence-electron chi connectivity index (χ1n) is 9.10. The minimum Gasteiger partial charge on any atom is -0.444 e. The van der Waals surface area contributed by atoms with Crippen molar-refractivity contribution in [3.05, 3.63) is 65.7 Å². The first-order chi connectivity index (χ1) is 12.7. The molecule has 5 heteroatoms. The Bertz CT molecular complexity index is 738. The minimum absolute atomic E-state index is 0.0362. The average molecular weight is 352 g/mol. The van der Waals surface area contributed by atoms with Gasteiger partial charge in [0, 0.05) is 13.1 Å². The third-order valence-corrected chi connectivity index (χ3v) is 4.50. The number of carbonyl (C=O) groups excluding carboxylic acids is 2. The van der Waals surface area contributed by atoms with E-state index < -0.39 is 6.09 Å². The Balaban J connectivity index is 1.64. The van der Waals surface area contributed by atoms with Crippen molar-refractivity contribution in [1.29, 1.82) is 0 Å². The number of carbonyl (C=O) groups is 2. The molecule has 1 heterocycles. The number of para-hydroxylation sites is 1. The van der Waals surface area contributed by atoms with E-state index in [1.54, 1.807) is 18.2 Å². The van der Waals surface area contributed by atoms with Gasteiger partial charge in [-0.15, -0.1) is 0 Å². The van der Waals surface area contributed by atoms with E-state index in [1.165, 1.54) is 0 Å². The molecule has 136 valence electrons. The molecule has 0 atom stereocenters. The predicted molar refractivity (Wildman–Crippen MR) is 101 cm³/mol. The van der Waals surface area contributed by atoms with E-state index in [4.69, 9.17) is 4.74 Å². The van der Waals surface area contributed by atoms with Gasteiger partial charge in [0.15, 0.2) is 0 Å². The second-order valence-corrected chi connectivity index (χ2v) is 6.44. The fourth-order valence-corrected chi connectivity index (χ4v) is 3.09. The van der Waals surface area contributed by atoms with E-state index in [2.05, 4.69) is 5.32 Å². The molecular weight excluding hydrogens is 328 g/mol. The summed E-state index contributed by atoms with van der Waals surface area (Å²) >= 11 is 0. The lowest BCUT2D eigenvalue weighted by Gasteiger charge is -2.21. The molecule has 2 amide bonds. The van der Waals surface area contributed by atoms with Crippen LogP contribution in [0.1, 0.15) is 41.6 Å². The third kappa shape index (κ3) is 4.85. The maximum Gasteiger partial charge on any atom is 0.411 e. The van der Waals surface area contributed by atoms with Gasteiger partial charge >= 0.3 is 6.09 Å². The van der Waals surface area contributed by atoms with E-state index in [1.807, 2.05) is 41.3 Å². The van der Waals surface area contributed by atoms with Gasteiger partial charge in [-0.25, -0.2) is 4.79 Å². The molecular formula is C21H24N2O3. The van der Waals surface area contributed by atoms with Gasteiger partial charge < -0.3 is 9.64 Å². The molecule has 5 nitrogen and oxygen atoms in total. The second-order valence-electron chi connectivity index (χ2n) is 6.44. The van der Waals surface area contributed by atoms with Crippen molar-refractivity contribution in [2.24, 2.45) is 0 Å². The van der Waals surface area contributed by atoms with Crippen LogP contribution in [0, 0.1) is 0 Å². The molecule has 1 N–H and O–H groups in total. The molecule has 0 spiro atoms. The normalized spacial score (nSPS) is 14.4. The lowest BCUT2D eigenvalue weighted by molar-refractivity contribution is 0.0762. The zero-order valence-electron chi connectivity index (χ0n) is 14.8. The molecule has 1 aliphatic heterocycles. The van der Waals surface area contributed by atoms with Crippen LogP contribution in [0.4, 0.5) is 10.5 Å². The quantitative estimate of drug-likeness (QED) is 0.884. The summed E-state index contributed by atoms with van der Waals surface area (Å²) in [5.41, 5.74) is 1.91. The van der Waals surface area contributed by atoms with Crippen LogP contribution in [0.2, 0.25) is 0 Å². The fourth-order valence-electron chi connectivity index (χ4n) is 3.09. The molecule has 1 saturated heterocycles. The molecule has 1 aliphatic rings. The van der Waals surface area contributed by atoms with E-state index in [0.29, 0.717) is 11.3 Å². The second kappa shape index (κ2) is 9.04. The number of amides is 2. The molecule has 26 heavy (non-hydrogen) atoms. The summed E-state index contributed by atoms with van der Waals surface area (Å²) < 4.78 is 5.26. The Kier molecular flexibility index (Phi) is 6.25. The maximum absolute atomic E-state index is 12.9. The summed E-state index contributed by atoms with van der Waals surface area (Å²) in [5, 5.41) is 2.71. The summed E-state index contributed by atoms with van der Waals surface area (Å²) in [5.74, 6) is -0.0362. The zero-order valence-corrected chi connectivity index (χ0v) is 14.8. The van der Waals surface area contributed by atoms with Crippen LogP contribution in [-0.4, -0.2) is 30.0 Å². The minimum atomic E-state index is -0.565. The molecule has 0 radical (unpaired) electrons. The van der Waals surface area contributed by atoms with Crippen molar-refractivity contribution >= 4 is 17.7 Å². The molecule has 2 aromatic rings. The Morgan fingerprint density at radius 1 is 0.885 bits per heavy atom. The topological polar surface area (TPSA) is 58.6 Å². The van der Waals surface area contributed by atoms with E-state index in [0.717, 1.165) is 44.3 Å². The number of nitrogens with one attached hydrogen (secondary N) is 1. The maximum atomic E-state index is 12.9. The molecule has 0 aliphatic carbocycles. The number of hydrogen-bond donors (Lipinski definition) is 1. The van der Waals surface area contributed by atoms with E-state index in [9.17, 15) is 9.59 Å². The molecule has 0 saturated carbocycles. The van der Waals surface area contributed by atoms with Crippen molar-refractivity contribution in [1.82, 2.24) is 4.90 Å². The monoisotopic (exact) mass is 352 g/mol. The summed E-state index contributed by atoms with van der Waals surface area (Å²) in [6.45, 7) is 1.73. The van der Waals surface area contributed by atoms with Crippen LogP contribution in [-0.2, 0) is 11.3 Å². The van der Waals surface area contributed by atoms with Gasteiger partial charge in [-0.05, 0) is 30.5 Å². The predicted octanol–water partition coefficient (Wildman–Crippen LogP) is 4.45. The SMILES string of the molecule is O=C(Nc1ccccc1C(=O)N1CCCCCC1)OCc1ccccc1. The van der Waals surface area contributed by atoms with E-state index in [-0.39, 0.29) is 12.5 Å². The van der Waals surface area contributed by atoms with Gasteiger partial charge in [0.25, 0.3) is 5.91 Å². The number of nitrogens with zero attached hydrogens (tertiary/aromatic N) is 1. The van der Waals surface area contributed by atoms with Gasteiger partial charge in [-0.2, -0.15) is 0 Å². The third-order valence-electron chi connectivity index (χ3n) is 4.50. The average Bonchev–Trinajstić information content (AvgIpc) is 2.97. The molecule has 0 unspecified atom stereocenters.